The van der Waals surface area contributed by atoms with Crippen LogP contribution in [0.5, 0.6) is 0 Å². The van der Waals surface area contributed by atoms with Crippen molar-refractivity contribution in [2.75, 3.05) is 0 Å². The van der Waals surface area contributed by atoms with Gasteiger partial charge in [-0.3, -0.25) is 10.1 Å². The number of aromatic nitrogens is 1. The molecular weight excluding hydrogens is 381 g/mol. The Balaban J connectivity index is 2.14. The van der Waals surface area contributed by atoms with Crippen LogP contribution in [0.1, 0.15) is 6.92 Å². The zero-order chi connectivity index (χ0) is 18.0. The van der Waals surface area contributed by atoms with Gasteiger partial charge in [0.25, 0.3) is 5.69 Å². The van der Waals surface area contributed by atoms with E-state index in [0.29, 0.717) is 22.3 Å². The van der Waals surface area contributed by atoms with Crippen LogP contribution in [0.4, 0.5) is 11.4 Å². The number of hydrogen-bond donors (Lipinski definition) is 0. The Morgan fingerprint density at radius 1 is 1.24 bits per heavy atom. The van der Waals surface area contributed by atoms with Gasteiger partial charge in [-0.2, -0.15) is 0 Å². The number of rotatable bonds is 4. The first kappa shape index (κ1) is 17.7. The highest BCUT2D eigenvalue weighted by atomic mass is 35.5. The van der Waals surface area contributed by atoms with E-state index >= 15 is 0 Å². The third-order valence-corrected chi connectivity index (χ3v) is 5.01. The van der Waals surface area contributed by atoms with E-state index in [4.69, 9.17) is 23.2 Å². The molecule has 0 aliphatic heterocycles. The molecule has 0 N–H and O–H groups in total. The van der Waals surface area contributed by atoms with Gasteiger partial charge in [0.05, 0.1) is 21.3 Å². The molecule has 128 valence electrons. The number of non-ortho nitro benzene ring substituents is 1. The van der Waals surface area contributed by atoms with Gasteiger partial charge in [0.1, 0.15) is 0 Å². The Hall–Kier alpha value is -2.15. The number of hydrogen-bond acceptors (Lipinski definition) is 4. The predicted molar refractivity (Wildman–Crippen MR) is 102 cm³/mol. The van der Waals surface area contributed by atoms with Crippen LogP contribution >= 0.6 is 34.5 Å². The summed E-state index contributed by atoms with van der Waals surface area (Å²) in [4.78, 5) is 16.0. The van der Waals surface area contributed by atoms with Crippen molar-refractivity contribution >= 4 is 45.9 Å². The maximum absolute atomic E-state index is 11.0. The molecule has 5 nitrogen and oxygen atoms in total. The number of nitro groups is 1. The second kappa shape index (κ2) is 7.39. The second-order valence-electron chi connectivity index (χ2n) is 5.16. The van der Waals surface area contributed by atoms with Crippen molar-refractivity contribution in [1.82, 2.24) is 4.57 Å². The lowest BCUT2D eigenvalue weighted by molar-refractivity contribution is -0.384. The van der Waals surface area contributed by atoms with Crippen LogP contribution in [0.2, 0.25) is 10.0 Å². The van der Waals surface area contributed by atoms with Gasteiger partial charge in [-0.25, -0.2) is 4.99 Å². The highest BCUT2D eigenvalue weighted by Crippen LogP contribution is 2.29. The number of thiazole rings is 1. The summed E-state index contributed by atoms with van der Waals surface area (Å²) in [7, 11) is 0. The van der Waals surface area contributed by atoms with Crippen LogP contribution in [0.15, 0.2) is 52.8 Å². The molecule has 0 aliphatic carbocycles. The van der Waals surface area contributed by atoms with E-state index in [1.165, 1.54) is 17.4 Å². The van der Waals surface area contributed by atoms with E-state index in [9.17, 15) is 10.1 Å². The van der Waals surface area contributed by atoms with E-state index in [0.717, 1.165) is 16.1 Å². The number of nitro benzene ring substituents is 1. The first-order valence-corrected chi connectivity index (χ1v) is 9.06. The Kier molecular flexibility index (Phi) is 5.22. The van der Waals surface area contributed by atoms with Gasteiger partial charge in [0.2, 0.25) is 0 Å². The Bertz CT molecular complexity index is 1010. The van der Waals surface area contributed by atoms with Gasteiger partial charge >= 0.3 is 0 Å². The highest BCUT2D eigenvalue weighted by molar-refractivity contribution is 7.07. The first-order valence-electron chi connectivity index (χ1n) is 7.42. The van der Waals surface area contributed by atoms with Crippen molar-refractivity contribution in [3.05, 3.63) is 72.8 Å². The molecule has 2 aromatic carbocycles. The Morgan fingerprint density at radius 3 is 2.76 bits per heavy atom. The third kappa shape index (κ3) is 3.76. The van der Waals surface area contributed by atoms with E-state index in [2.05, 4.69) is 4.99 Å². The van der Waals surface area contributed by atoms with E-state index in [-0.39, 0.29) is 5.69 Å². The minimum atomic E-state index is -0.400. The molecule has 3 aromatic rings. The summed E-state index contributed by atoms with van der Waals surface area (Å²) in [5.41, 5.74) is 2.28. The van der Waals surface area contributed by atoms with E-state index < -0.39 is 4.92 Å². The average Bonchev–Trinajstić information content (AvgIpc) is 3.01. The third-order valence-electron chi connectivity index (χ3n) is 3.59. The highest BCUT2D eigenvalue weighted by Gasteiger charge is 2.12. The lowest BCUT2D eigenvalue weighted by Crippen LogP contribution is -2.14. The lowest BCUT2D eigenvalue weighted by atomic mass is 10.1. The fourth-order valence-corrected chi connectivity index (χ4v) is 3.72. The predicted octanol–water partition coefficient (Wildman–Crippen LogP) is 5.68. The molecule has 0 fully saturated rings. The molecule has 0 unspecified atom stereocenters. The lowest BCUT2D eigenvalue weighted by Gasteiger charge is -2.06. The van der Waals surface area contributed by atoms with Crippen molar-refractivity contribution in [1.29, 1.82) is 0 Å². The van der Waals surface area contributed by atoms with E-state index in [1.54, 1.807) is 30.3 Å². The maximum atomic E-state index is 11.0. The zero-order valence-corrected chi connectivity index (χ0v) is 15.5. The minimum Gasteiger partial charge on any atom is -0.317 e. The summed E-state index contributed by atoms with van der Waals surface area (Å²) >= 11 is 13.7. The van der Waals surface area contributed by atoms with Crippen molar-refractivity contribution in [3.63, 3.8) is 0 Å². The molecule has 1 aromatic heterocycles. The largest absolute Gasteiger partial charge is 0.317 e. The van der Waals surface area contributed by atoms with Crippen molar-refractivity contribution in [2.24, 2.45) is 4.99 Å². The summed E-state index contributed by atoms with van der Waals surface area (Å²) in [5, 5.41) is 14.0. The minimum absolute atomic E-state index is 0.0581. The van der Waals surface area contributed by atoms with Gasteiger partial charge in [0, 0.05) is 34.6 Å². The monoisotopic (exact) mass is 393 g/mol. The number of nitrogens with zero attached hydrogens (tertiary/aromatic N) is 3. The fourth-order valence-electron chi connectivity index (χ4n) is 2.41. The molecule has 3 rings (SSSR count). The smallest absolute Gasteiger partial charge is 0.270 e. The Morgan fingerprint density at radius 2 is 2.04 bits per heavy atom. The van der Waals surface area contributed by atoms with Crippen LogP contribution in [0.25, 0.3) is 11.3 Å². The summed E-state index contributed by atoms with van der Waals surface area (Å²) in [6.45, 7) is 2.66. The fraction of sp³-hybridized carbons (Fsp3) is 0.118. The topological polar surface area (TPSA) is 60.4 Å². The Labute approximate surface area is 158 Å². The normalized spacial score (nSPS) is 11.7. The van der Waals surface area contributed by atoms with Gasteiger partial charge < -0.3 is 4.57 Å². The van der Waals surface area contributed by atoms with Crippen molar-refractivity contribution in [2.45, 2.75) is 13.5 Å². The molecule has 0 aliphatic rings. The molecule has 0 amide bonds. The SMILES string of the molecule is CCn1c(-c2cccc([N+](=O)[O-])c2)csc1=Nc1cc(Cl)ccc1Cl. The molecule has 0 atom stereocenters. The number of benzene rings is 2. The van der Waals surface area contributed by atoms with Crippen LogP contribution in [0, 0.1) is 10.1 Å². The van der Waals surface area contributed by atoms with E-state index in [1.807, 2.05) is 22.9 Å². The quantitative estimate of drug-likeness (QED) is 0.422. The summed E-state index contributed by atoms with van der Waals surface area (Å²) < 4.78 is 1.99. The molecule has 0 bridgehead atoms. The number of halogens is 2. The summed E-state index contributed by atoms with van der Waals surface area (Å²) in [6.07, 6.45) is 0. The van der Waals surface area contributed by atoms with Crippen LogP contribution in [-0.4, -0.2) is 9.49 Å². The molecule has 8 heteroatoms. The molecular formula is C17H13Cl2N3O2S. The summed E-state index contributed by atoms with van der Waals surface area (Å²) in [5.74, 6) is 0. The second-order valence-corrected chi connectivity index (χ2v) is 6.84. The van der Waals surface area contributed by atoms with Crippen LogP contribution < -0.4 is 4.80 Å². The summed E-state index contributed by atoms with van der Waals surface area (Å²) in [6, 6.07) is 11.7. The first-order chi connectivity index (χ1) is 12.0. The van der Waals surface area contributed by atoms with Crippen molar-refractivity contribution < 1.29 is 4.92 Å². The molecule has 0 radical (unpaired) electrons. The standard InChI is InChI=1S/C17H13Cl2N3O2S/c1-2-21-16(11-4-3-5-13(8-11)22(23)24)10-25-17(21)20-15-9-12(18)6-7-14(15)19/h3-10H,2H2,1H3. The molecule has 0 spiro atoms. The van der Waals surface area contributed by atoms with Gasteiger partial charge in [-0.15, -0.1) is 11.3 Å². The maximum Gasteiger partial charge on any atom is 0.270 e. The average molecular weight is 394 g/mol. The zero-order valence-electron chi connectivity index (χ0n) is 13.1. The molecule has 1 heterocycles. The molecule has 0 saturated heterocycles. The van der Waals surface area contributed by atoms with Gasteiger partial charge in [-0.05, 0) is 25.1 Å². The van der Waals surface area contributed by atoms with Crippen molar-refractivity contribution in [3.8, 4) is 11.3 Å². The molecule has 25 heavy (non-hydrogen) atoms. The van der Waals surface area contributed by atoms with Gasteiger partial charge in [0.15, 0.2) is 4.80 Å². The van der Waals surface area contributed by atoms with Gasteiger partial charge in [-0.1, -0.05) is 35.3 Å². The molecule has 0 saturated carbocycles. The van der Waals surface area contributed by atoms with Crippen LogP contribution in [0.3, 0.4) is 0 Å². The van der Waals surface area contributed by atoms with Crippen LogP contribution in [-0.2, 0) is 6.54 Å².